The largest absolute Gasteiger partial charge is 0.460 e. The third-order valence-electron chi connectivity index (χ3n) is 6.48. The predicted octanol–water partition coefficient (Wildman–Crippen LogP) is 3.86. The molecule has 1 heterocycles. The number of ether oxygens (including phenoxy) is 1. The maximum Gasteiger partial charge on any atom is 0.307 e. The molecule has 176 valence electrons. The van der Waals surface area contributed by atoms with Crippen LogP contribution in [0.1, 0.15) is 97.2 Å². The van der Waals surface area contributed by atoms with E-state index in [0.717, 1.165) is 25.2 Å². The number of hydrogen-bond acceptors (Lipinski definition) is 7. The van der Waals surface area contributed by atoms with Crippen LogP contribution in [0.4, 0.5) is 0 Å². The molecule has 2 fully saturated rings. The molecule has 0 bridgehead atoms. The minimum Gasteiger partial charge on any atom is -0.460 e. The van der Waals surface area contributed by atoms with Gasteiger partial charge in [-0.3, -0.25) is 4.79 Å². The molecule has 0 amide bonds. The van der Waals surface area contributed by atoms with Crippen molar-refractivity contribution in [2.24, 2.45) is 11.8 Å². The van der Waals surface area contributed by atoms with Gasteiger partial charge in [0.2, 0.25) is 15.9 Å². The zero-order chi connectivity index (χ0) is 22.7. The Morgan fingerprint density at radius 1 is 1.23 bits per heavy atom. The highest BCUT2D eigenvalue weighted by Gasteiger charge is 2.60. The molecule has 0 spiro atoms. The van der Waals surface area contributed by atoms with Crippen molar-refractivity contribution in [1.82, 2.24) is 14.9 Å². The molecule has 8 nitrogen and oxygen atoms in total. The van der Waals surface area contributed by atoms with Crippen molar-refractivity contribution in [2.45, 2.75) is 103 Å². The van der Waals surface area contributed by atoms with Crippen molar-refractivity contribution in [2.75, 3.05) is 5.75 Å². The van der Waals surface area contributed by atoms with Gasteiger partial charge in [0.15, 0.2) is 5.82 Å². The van der Waals surface area contributed by atoms with Gasteiger partial charge < -0.3 is 9.26 Å². The standard InChI is InChI=1S/C22H37N3O5S/c1-5-31(27,28)23-15-18-24-20(30-25-18)22(14-19(26)29-21(2,3)4)13-17(22)12-11-16-9-7-6-8-10-16/h16-17,23H,5-15H2,1-4H3. The molecule has 0 saturated heterocycles. The molecule has 31 heavy (non-hydrogen) atoms. The summed E-state index contributed by atoms with van der Waals surface area (Å²) in [6.07, 6.45) is 9.81. The number of aromatic nitrogens is 2. The van der Waals surface area contributed by atoms with Gasteiger partial charge in [-0.05, 0) is 52.4 Å². The molecule has 2 aliphatic rings. The second-order valence-electron chi connectivity index (χ2n) is 10.1. The zero-order valence-corrected chi connectivity index (χ0v) is 20.1. The Morgan fingerprint density at radius 3 is 2.58 bits per heavy atom. The van der Waals surface area contributed by atoms with Gasteiger partial charge in [-0.25, -0.2) is 13.1 Å². The topological polar surface area (TPSA) is 111 Å². The summed E-state index contributed by atoms with van der Waals surface area (Å²) < 4.78 is 37.0. The van der Waals surface area contributed by atoms with Gasteiger partial charge in [-0.2, -0.15) is 4.98 Å². The van der Waals surface area contributed by atoms with Gasteiger partial charge in [0.1, 0.15) is 5.60 Å². The van der Waals surface area contributed by atoms with Crippen molar-refractivity contribution < 1.29 is 22.5 Å². The zero-order valence-electron chi connectivity index (χ0n) is 19.3. The van der Waals surface area contributed by atoms with Crippen LogP contribution in [-0.2, 0) is 31.5 Å². The van der Waals surface area contributed by atoms with Crippen LogP contribution in [0.25, 0.3) is 0 Å². The summed E-state index contributed by atoms with van der Waals surface area (Å²) in [5.74, 6) is 1.52. The molecule has 1 aromatic heterocycles. The van der Waals surface area contributed by atoms with E-state index < -0.39 is 21.0 Å². The van der Waals surface area contributed by atoms with Crippen molar-refractivity contribution in [3.63, 3.8) is 0 Å². The number of esters is 1. The van der Waals surface area contributed by atoms with Crippen LogP contribution in [0, 0.1) is 11.8 Å². The van der Waals surface area contributed by atoms with E-state index in [1.165, 1.54) is 32.1 Å². The number of carbonyl (C=O) groups is 1. The van der Waals surface area contributed by atoms with E-state index >= 15 is 0 Å². The maximum absolute atomic E-state index is 12.6. The van der Waals surface area contributed by atoms with Crippen LogP contribution >= 0.6 is 0 Å². The highest BCUT2D eigenvalue weighted by Crippen LogP contribution is 2.59. The average Bonchev–Trinajstić information content (AvgIpc) is 3.16. The summed E-state index contributed by atoms with van der Waals surface area (Å²) in [4.78, 5) is 17.1. The molecule has 0 aromatic carbocycles. The minimum atomic E-state index is -3.35. The molecule has 9 heteroatoms. The molecule has 0 aliphatic heterocycles. The van der Waals surface area contributed by atoms with Gasteiger partial charge in [0, 0.05) is 0 Å². The molecule has 2 unspecified atom stereocenters. The lowest BCUT2D eigenvalue weighted by Crippen LogP contribution is -2.27. The molecular weight excluding hydrogens is 418 g/mol. The fraction of sp³-hybridized carbons (Fsp3) is 0.864. The van der Waals surface area contributed by atoms with Gasteiger partial charge in [-0.15, -0.1) is 0 Å². The Bertz CT molecular complexity index is 855. The van der Waals surface area contributed by atoms with Crippen molar-refractivity contribution in [3.8, 4) is 0 Å². The van der Waals surface area contributed by atoms with Crippen LogP contribution in [0.2, 0.25) is 0 Å². The fourth-order valence-corrected chi connectivity index (χ4v) is 5.22. The van der Waals surface area contributed by atoms with Crippen molar-refractivity contribution >= 4 is 16.0 Å². The summed E-state index contributed by atoms with van der Waals surface area (Å²) in [7, 11) is -3.35. The summed E-state index contributed by atoms with van der Waals surface area (Å²) in [5, 5.41) is 3.96. The van der Waals surface area contributed by atoms with Crippen molar-refractivity contribution in [3.05, 3.63) is 11.7 Å². The smallest absolute Gasteiger partial charge is 0.307 e. The molecule has 1 aromatic rings. The van der Waals surface area contributed by atoms with E-state index in [9.17, 15) is 13.2 Å². The fourth-order valence-electron chi connectivity index (χ4n) is 4.67. The molecule has 2 saturated carbocycles. The van der Waals surface area contributed by atoms with E-state index in [0.29, 0.717) is 11.8 Å². The molecule has 1 N–H and O–H groups in total. The van der Waals surface area contributed by atoms with E-state index in [4.69, 9.17) is 9.26 Å². The third-order valence-corrected chi connectivity index (χ3v) is 7.83. The monoisotopic (exact) mass is 455 g/mol. The number of rotatable bonds is 10. The SMILES string of the molecule is CCS(=O)(=O)NCc1noc(C2(CC(=O)OC(C)(C)C)CC2CCC2CCCCC2)n1. The van der Waals surface area contributed by atoms with Crippen molar-refractivity contribution in [1.29, 1.82) is 0 Å². The van der Waals surface area contributed by atoms with Gasteiger partial charge in [0.05, 0.1) is 24.1 Å². The van der Waals surface area contributed by atoms with Crippen LogP contribution < -0.4 is 4.72 Å². The van der Waals surface area contributed by atoms with E-state index in [1.54, 1.807) is 6.92 Å². The van der Waals surface area contributed by atoms with Gasteiger partial charge in [-0.1, -0.05) is 43.7 Å². The minimum absolute atomic E-state index is 0.0104. The first-order chi connectivity index (χ1) is 14.5. The first kappa shape index (κ1) is 24.2. The highest BCUT2D eigenvalue weighted by molar-refractivity contribution is 7.89. The number of nitrogens with zero attached hydrogens (tertiary/aromatic N) is 2. The summed E-state index contributed by atoms with van der Waals surface area (Å²) in [6.45, 7) is 7.12. The molecular formula is C22H37N3O5S. The Kier molecular flexibility index (Phi) is 7.46. The van der Waals surface area contributed by atoms with Gasteiger partial charge in [0.25, 0.3) is 0 Å². The average molecular weight is 456 g/mol. The predicted molar refractivity (Wildman–Crippen MR) is 117 cm³/mol. The van der Waals surface area contributed by atoms with Crippen LogP contribution in [0.3, 0.4) is 0 Å². The second kappa shape index (κ2) is 9.57. The van der Waals surface area contributed by atoms with Crippen LogP contribution in [0.15, 0.2) is 4.52 Å². The lowest BCUT2D eigenvalue weighted by Gasteiger charge is -2.23. The number of hydrogen-bond donors (Lipinski definition) is 1. The Hall–Kier alpha value is -1.48. The van der Waals surface area contributed by atoms with E-state index in [1.807, 2.05) is 20.8 Å². The second-order valence-corrected chi connectivity index (χ2v) is 12.2. The molecule has 0 radical (unpaired) electrons. The summed E-state index contributed by atoms with van der Waals surface area (Å²) in [5.41, 5.74) is -1.05. The Balaban J connectivity index is 1.68. The Labute approximate surface area is 185 Å². The van der Waals surface area contributed by atoms with Gasteiger partial charge >= 0.3 is 5.97 Å². The first-order valence-electron chi connectivity index (χ1n) is 11.6. The first-order valence-corrected chi connectivity index (χ1v) is 13.2. The highest BCUT2D eigenvalue weighted by atomic mass is 32.2. The molecule has 2 aliphatic carbocycles. The normalized spacial score (nSPS) is 24.8. The van der Waals surface area contributed by atoms with E-state index in [2.05, 4.69) is 14.9 Å². The lowest BCUT2D eigenvalue weighted by molar-refractivity contribution is -0.155. The Morgan fingerprint density at radius 2 is 1.94 bits per heavy atom. The van der Waals surface area contributed by atoms with Crippen LogP contribution in [-0.4, -0.2) is 35.9 Å². The van der Waals surface area contributed by atoms with E-state index in [-0.39, 0.29) is 30.5 Å². The number of nitrogens with one attached hydrogen (secondary N) is 1. The molecule has 2 atom stereocenters. The number of carbonyl (C=O) groups excluding carboxylic acids is 1. The van der Waals surface area contributed by atoms with Crippen LogP contribution in [0.5, 0.6) is 0 Å². The third kappa shape index (κ3) is 6.75. The lowest BCUT2D eigenvalue weighted by atomic mass is 9.84. The number of sulfonamides is 1. The molecule has 3 rings (SSSR count). The maximum atomic E-state index is 12.6. The summed E-state index contributed by atoms with van der Waals surface area (Å²) in [6, 6.07) is 0. The summed E-state index contributed by atoms with van der Waals surface area (Å²) >= 11 is 0. The quantitative estimate of drug-likeness (QED) is 0.533.